The van der Waals surface area contributed by atoms with E-state index in [1.54, 1.807) is 18.4 Å². The summed E-state index contributed by atoms with van der Waals surface area (Å²) in [5.41, 5.74) is 4.33. The second-order valence-electron chi connectivity index (χ2n) is 7.18. The Morgan fingerprint density at radius 1 is 1.27 bits per heavy atom. The molecule has 2 aromatic rings. The molecule has 0 saturated carbocycles. The fourth-order valence-corrected chi connectivity index (χ4v) is 4.63. The molecule has 3 saturated heterocycles. The summed E-state index contributed by atoms with van der Waals surface area (Å²) in [5.74, 6) is 0.576. The molecule has 3 aliphatic heterocycles. The van der Waals surface area contributed by atoms with Crippen molar-refractivity contribution in [3.63, 3.8) is 0 Å². The lowest BCUT2D eigenvalue weighted by Crippen LogP contribution is -2.47. The number of methoxy groups -OCH3 is 1. The minimum absolute atomic E-state index is 0.0492. The van der Waals surface area contributed by atoms with Gasteiger partial charge in [0, 0.05) is 44.7 Å². The zero-order valence-electron chi connectivity index (χ0n) is 15.0. The monoisotopic (exact) mass is 372 g/mol. The van der Waals surface area contributed by atoms with Gasteiger partial charge in [0.2, 0.25) is 0 Å². The lowest BCUT2D eigenvalue weighted by Gasteiger charge is -2.36. The van der Waals surface area contributed by atoms with Crippen LogP contribution in [0.2, 0.25) is 0 Å². The van der Waals surface area contributed by atoms with Gasteiger partial charge in [-0.1, -0.05) is 6.07 Å². The molecule has 138 valence electrons. The van der Waals surface area contributed by atoms with Crippen LogP contribution >= 0.6 is 11.3 Å². The largest absolute Gasteiger partial charge is 0.378 e. The van der Waals surface area contributed by atoms with Gasteiger partial charge in [0.15, 0.2) is 0 Å². The van der Waals surface area contributed by atoms with E-state index in [0.717, 1.165) is 44.0 Å². The standard InChI is InChI=1S/C19H24N4O2S/c1-25-11-15-3-2-4-18(21-15)19(24)23-8-14-5-6-17(23)10-22(7-14)9-16-12-26-13-20-16/h2-4,12-14,17H,5-11H2,1H3/t14-,17+/m1/s1. The maximum atomic E-state index is 13.1. The highest BCUT2D eigenvalue weighted by Gasteiger charge is 2.37. The number of carbonyl (C=O) groups is 1. The Labute approximate surface area is 157 Å². The van der Waals surface area contributed by atoms with Crippen molar-refractivity contribution in [1.82, 2.24) is 19.8 Å². The summed E-state index contributed by atoms with van der Waals surface area (Å²) in [6, 6.07) is 5.85. The van der Waals surface area contributed by atoms with Crippen LogP contribution in [-0.2, 0) is 17.9 Å². The Morgan fingerprint density at radius 3 is 3.00 bits per heavy atom. The first-order valence-electron chi connectivity index (χ1n) is 9.08. The van der Waals surface area contributed by atoms with Crippen LogP contribution in [0.25, 0.3) is 0 Å². The molecule has 0 N–H and O–H groups in total. The Bertz CT molecular complexity index is 752. The number of fused-ring (bicyclic) bond motifs is 4. The lowest BCUT2D eigenvalue weighted by atomic mass is 9.94. The molecule has 1 amide bonds. The van der Waals surface area contributed by atoms with Gasteiger partial charge in [-0.3, -0.25) is 9.69 Å². The molecule has 7 heteroatoms. The second kappa shape index (κ2) is 7.82. The van der Waals surface area contributed by atoms with Crippen LogP contribution in [0.4, 0.5) is 0 Å². The maximum absolute atomic E-state index is 13.1. The number of hydrogen-bond acceptors (Lipinski definition) is 6. The zero-order valence-corrected chi connectivity index (χ0v) is 15.8. The van der Waals surface area contributed by atoms with Crippen molar-refractivity contribution in [2.75, 3.05) is 26.7 Å². The maximum Gasteiger partial charge on any atom is 0.272 e. The number of rotatable bonds is 5. The van der Waals surface area contributed by atoms with Gasteiger partial charge in [0.1, 0.15) is 5.69 Å². The van der Waals surface area contributed by atoms with Gasteiger partial charge >= 0.3 is 0 Å². The summed E-state index contributed by atoms with van der Waals surface area (Å²) in [5, 5.41) is 2.11. The molecule has 26 heavy (non-hydrogen) atoms. The molecule has 6 nitrogen and oxygen atoms in total. The molecule has 0 unspecified atom stereocenters. The van der Waals surface area contributed by atoms with E-state index in [1.165, 1.54) is 6.42 Å². The van der Waals surface area contributed by atoms with E-state index >= 15 is 0 Å². The second-order valence-corrected chi connectivity index (χ2v) is 7.89. The normalized spacial score (nSPS) is 23.2. The van der Waals surface area contributed by atoms with Crippen LogP contribution < -0.4 is 0 Å². The Hall–Kier alpha value is -1.83. The fraction of sp³-hybridized carbons (Fsp3) is 0.526. The first kappa shape index (κ1) is 17.6. The summed E-state index contributed by atoms with van der Waals surface area (Å²) < 4.78 is 5.14. The number of thiazole rings is 1. The van der Waals surface area contributed by atoms with Crippen molar-refractivity contribution >= 4 is 17.2 Å². The third-order valence-corrected chi connectivity index (χ3v) is 5.87. The predicted molar refractivity (Wildman–Crippen MR) is 99.9 cm³/mol. The SMILES string of the molecule is COCc1cccc(C(=O)N2C[C@@H]3CC[C@H]2CN(Cc2cscn2)C3)n1. The van der Waals surface area contributed by atoms with Crippen molar-refractivity contribution in [3.8, 4) is 0 Å². The third kappa shape index (κ3) is 3.79. The molecule has 5 heterocycles. The Kier molecular flexibility index (Phi) is 5.28. The van der Waals surface area contributed by atoms with Crippen LogP contribution in [-0.4, -0.2) is 58.5 Å². The number of nitrogens with zero attached hydrogens (tertiary/aromatic N) is 4. The first-order valence-corrected chi connectivity index (χ1v) is 10.0. The van der Waals surface area contributed by atoms with Gasteiger partial charge in [0.05, 0.1) is 23.5 Å². The van der Waals surface area contributed by atoms with Gasteiger partial charge in [-0.05, 0) is 30.9 Å². The molecule has 2 atom stereocenters. The molecule has 0 spiro atoms. The summed E-state index contributed by atoms with van der Waals surface area (Å²) in [6.07, 6.45) is 2.26. The quantitative estimate of drug-likeness (QED) is 0.807. The van der Waals surface area contributed by atoms with Crippen molar-refractivity contribution in [2.45, 2.75) is 32.0 Å². The van der Waals surface area contributed by atoms with Crippen molar-refractivity contribution < 1.29 is 9.53 Å². The van der Waals surface area contributed by atoms with Crippen molar-refractivity contribution in [1.29, 1.82) is 0 Å². The lowest BCUT2D eigenvalue weighted by molar-refractivity contribution is 0.0578. The number of ether oxygens (including phenoxy) is 1. The molecule has 0 aromatic carbocycles. The van der Waals surface area contributed by atoms with E-state index in [2.05, 4.69) is 20.2 Å². The molecule has 2 bridgehead atoms. The molecule has 5 rings (SSSR count). The molecule has 3 fully saturated rings. The van der Waals surface area contributed by atoms with Gasteiger partial charge in [-0.25, -0.2) is 9.97 Å². The van der Waals surface area contributed by atoms with E-state index in [1.807, 2.05) is 28.6 Å². The smallest absolute Gasteiger partial charge is 0.272 e. The average Bonchev–Trinajstić information content (AvgIpc) is 3.00. The highest BCUT2D eigenvalue weighted by atomic mass is 32.1. The summed E-state index contributed by atoms with van der Waals surface area (Å²) in [6.45, 7) is 4.08. The molecule has 0 radical (unpaired) electrons. The third-order valence-electron chi connectivity index (χ3n) is 5.24. The molecule has 3 aliphatic rings. The van der Waals surface area contributed by atoms with Crippen LogP contribution in [0.15, 0.2) is 29.1 Å². The van der Waals surface area contributed by atoms with E-state index in [0.29, 0.717) is 18.2 Å². The van der Waals surface area contributed by atoms with E-state index < -0.39 is 0 Å². The number of hydrogen-bond donors (Lipinski definition) is 0. The molecular formula is C19H24N4O2S. The van der Waals surface area contributed by atoms with E-state index in [4.69, 9.17) is 4.74 Å². The molecule has 2 aromatic heterocycles. The van der Waals surface area contributed by atoms with Crippen LogP contribution in [0, 0.1) is 5.92 Å². The van der Waals surface area contributed by atoms with Gasteiger partial charge in [-0.15, -0.1) is 11.3 Å². The zero-order chi connectivity index (χ0) is 17.9. The minimum Gasteiger partial charge on any atom is -0.378 e. The summed E-state index contributed by atoms with van der Waals surface area (Å²) >= 11 is 1.64. The predicted octanol–water partition coefficient (Wildman–Crippen LogP) is 2.42. The van der Waals surface area contributed by atoms with Crippen molar-refractivity contribution in [3.05, 3.63) is 46.2 Å². The van der Waals surface area contributed by atoms with Gasteiger partial charge in [0.25, 0.3) is 5.91 Å². The van der Waals surface area contributed by atoms with Gasteiger partial charge < -0.3 is 9.64 Å². The number of carbonyl (C=O) groups excluding carboxylic acids is 1. The first-order chi connectivity index (χ1) is 12.7. The number of pyridine rings is 1. The van der Waals surface area contributed by atoms with Crippen molar-refractivity contribution in [2.24, 2.45) is 5.92 Å². The Morgan fingerprint density at radius 2 is 2.19 bits per heavy atom. The average molecular weight is 372 g/mol. The number of amides is 1. The van der Waals surface area contributed by atoms with E-state index in [9.17, 15) is 4.79 Å². The van der Waals surface area contributed by atoms with Crippen LogP contribution in [0.3, 0.4) is 0 Å². The van der Waals surface area contributed by atoms with Crippen LogP contribution in [0.5, 0.6) is 0 Å². The molecular weight excluding hydrogens is 348 g/mol. The van der Waals surface area contributed by atoms with E-state index in [-0.39, 0.29) is 11.9 Å². The topological polar surface area (TPSA) is 58.6 Å². The highest BCUT2D eigenvalue weighted by molar-refractivity contribution is 7.07. The number of piperidine rings is 1. The molecule has 0 aliphatic carbocycles. The van der Waals surface area contributed by atoms with Gasteiger partial charge in [-0.2, -0.15) is 0 Å². The highest BCUT2D eigenvalue weighted by Crippen LogP contribution is 2.29. The number of aromatic nitrogens is 2. The minimum atomic E-state index is 0.0492. The fourth-order valence-electron chi connectivity index (χ4n) is 4.08. The summed E-state index contributed by atoms with van der Waals surface area (Å²) in [7, 11) is 1.64. The Balaban J connectivity index is 1.49. The van der Waals surface area contributed by atoms with Crippen LogP contribution in [0.1, 0.15) is 34.7 Å². The summed E-state index contributed by atoms with van der Waals surface area (Å²) in [4.78, 5) is 26.5.